The summed E-state index contributed by atoms with van der Waals surface area (Å²) in [7, 11) is 0. The van der Waals surface area contributed by atoms with Gasteiger partial charge in [0.15, 0.2) is 0 Å². The minimum atomic E-state index is 0.750. The fraction of sp³-hybridized carbons (Fsp3) is 0.455. The van der Waals surface area contributed by atoms with Crippen LogP contribution in [0.15, 0.2) is 36.1 Å². The average molecular weight is 161 g/mol. The lowest BCUT2D eigenvalue weighted by Gasteiger charge is -2.26. The van der Waals surface area contributed by atoms with Gasteiger partial charge >= 0.3 is 0 Å². The van der Waals surface area contributed by atoms with Gasteiger partial charge in [-0.25, -0.2) is 0 Å². The number of allylic oxidation sites excluding steroid dienone is 6. The topological polar surface area (TPSA) is 12.0 Å². The predicted molar refractivity (Wildman–Crippen MR) is 51.7 cm³/mol. The summed E-state index contributed by atoms with van der Waals surface area (Å²) in [6, 6.07) is 0. The monoisotopic (exact) mass is 161 g/mol. The van der Waals surface area contributed by atoms with Crippen molar-refractivity contribution in [3.05, 3.63) is 36.1 Å². The number of nitrogens with one attached hydrogen (secondary N) is 1. The van der Waals surface area contributed by atoms with Gasteiger partial charge < -0.3 is 5.32 Å². The molecule has 1 saturated heterocycles. The van der Waals surface area contributed by atoms with Gasteiger partial charge in [0.25, 0.3) is 0 Å². The highest BCUT2D eigenvalue weighted by Gasteiger charge is 2.16. The van der Waals surface area contributed by atoms with E-state index in [4.69, 9.17) is 0 Å². The molecule has 0 radical (unpaired) electrons. The molecule has 0 aromatic heterocycles. The number of rotatable bonds is 0. The van der Waals surface area contributed by atoms with Crippen LogP contribution in [0.2, 0.25) is 0 Å². The largest absolute Gasteiger partial charge is 0.388 e. The van der Waals surface area contributed by atoms with Crippen molar-refractivity contribution in [2.24, 2.45) is 5.92 Å². The summed E-state index contributed by atoms with van der Waals surface area (Å²) in [5.74, 6) is 0.750. The van der Waals surface area contributed by atoms with Gasteiger partial charge in [0.2, 0.25) is 0 Å². The fourth-order valence-electron chi connectivity index (χ4n) is 1.87. The van der Waals surface area contributed by atoms with Crippen LogP contribution in [0.4, 0.5) is 0 Å². The molecule has 1 aliphatic carbocycles. The van der Waals surface area contributed by atoms with Crippen LogP contribution in [-0.4, -0.2) is 6.54 Å². The Kier molecular flexibility index (Phi) is 2.31. The normalized spacial score (nSPS) is 37.7. The SMILES string of the molecule is C1=C\C=C2\NCCCC2C\C=C/1. The Morgan fingerprint density at radius 2 is 2.25 bits per heavy atom. The summed E-state index contributed by atoms with van der Waals surface area (Å²) >= 11 is 0. The molecule has 0 amide bonds. The smallest absolute Gasteiger partial charge is 0.0144 e. The molecule has 1 heterocycles. The van der Waals surface area contributed by atoms with Crippen molar-refractivity contribution in [2.75, 3.05) is 6.54 Å². The maximum absolute atomic E-state index is 3.46. The summed E-state index contributed by atoms with van der Waals surface area (Å²) in [6.45, 7) is 1.15. The van der Waals surface area contributed by atoms with E-state index < -0.39 is 0 Å². The van der Waals surface area contributed by atoms with Crippen LogP contribution in [-0.2, 0) is 0 Å². The number of piperidine rings is 1. The Morgan fingerprint density at radius 3 is 3.25 bits per heavy atom. The first kappa shape index (κ1) is 7.66. The summed E-state index contributed by atoms with van der Waals surface area (Å²) in [5.41, 5.74) is 1.43. The third kappa shape index (κ3) is 1.60. The molecule has 1 N–H and O–H groups in total. The van der Waals surface area contributed by atoms with Gasteiger partial charge in [0, 0.05) is 18.2 Å². The van der Waals surface area contributed by atoms with Crippen molar-refractivity contribution < 1.29 is 0 Å². The first-order valence-electron chi connectivity index (χ1n) is 4.74. The lowest BCUT2D eigenvalue weighted by atomic mass is 9.91. The molecule has 12 heavy (non-hydrogen) atoms. The Hall–Kier alpha value is -0.980. The first-order chi connectivity index (χ1) is 5.97. The van der Waals surface area contributed by atoms with E-state index in [0.717, 1.165) is 12.5 Å². The maximum atomic E-state index is 3.46. The van der Waals surface area contributed by atoms with Gasteiger partial charge in [-0.15, -0.1) is 0 Å². The molecule has 1 heteroatoms. The van der Waals surface area contributed by atoms with E-state index in [2.05, 4.69) is 35.7 Å². The third-order valence-electron chi connectivity index (χ3n) is 2.55. The number of hydrogen-bond acceptors (Lipinski definition) is 1. The summed E-state index contributed by atoms with van der Waals surface area (Å²) in [6.07, 6.45) is 14.7. The molecule has 0 aromatic rings. The molecule has 0 saturated carbocycles. The molecule has 64 valence electrons. The molecule has 0 bridgehead atoms. The molecule has 2 rings (SSSR count). The molecule has 1 aliphatic heterocycles. The van der Waals surface area contributed by atoms with Crippen molar-refractivity contribution in [1.82, 2.24) is 5.32 Å². The molecule has 0 spiro atoms. The highest BCUT2D eigenvalue weighted by molar-refractivity contribution is 5.21. The second-order valence-corrected chi connectivity index (χ2v) is 3.44. The van der Waals surface area contributed by atoms with Crippen LogP contribution in [0.1, 0.15) is 19.3 Å². The first-order valence-corrected chi connectivity index (χ1v) is 4.74. The highest BCUT2D eigenvalue weighted by atomic mass is 14.9. The number of hydrogen-bond donors (Lipinski definition) is 1. The zero-order chi connectivity index (χ0) is 8.23. The Morgan fingerprint density at radius 1 is 1.25 bits per heavy atom. The van der Waals surface area contributed by atoms with Crippen LogP contribution < -0.4 is 5.32 Å². The summed E-state index contributed by atoms with van der Waals surface area (Å²) in [4.78, 5) is 0. The van der Waals surface area contributed by atoms with E-state index in [1.165, 1.54) is 25.0 Å². The van der Waals surface area contributed by atoms with E-state index in [1.54, 1.807) is 0 Å². The Bertz CT molecular complexity index is 235. The second kappa shape index (κ2) is 3.61. The predicted octanol–water partition coefficient (Wildman–Crippen LogP) is 2.39. The third-order valence-corrected chi connectivity index (χ3v) is 2.55. The molecule has 1 nitrogen and oxygen atoms in total. The summed E-state index contributed by atoms with van der Waals surface area (Å²) in [5, 5.41) is 3.46. The molecular formula is C11H15N. The molecule has 2 aliphatic rings. The Labute approximate surface area is 73.9 Å². The molecule has 0 aromatic carbocycles. The quantitative estimate of drug-likeness (QED) is 0.575. The minimum Gasteiger partial charge on any atom is -0.388 e. The fourth-order valence-corrected chi connectivity index (χ4v) is 1.87. The van der Waals surface area contributed by atoms with Gasteiger partial charge in [0.1, 0.15) is 0 Å². The standard InChI is InChI=1S/C11H15N/c1-2-4-8-11-10(6-3-1)7-5-9-12-11/h1-4,8,10,12H,5-7,9H2/b3-1-,4-2-,11-8+. The van der Waals surface area contributed by atoms with Crippen molar-refractivity contribution in [3.63, 3.8) is 0 Å². The molecule has 1 fully saturated rings. The van der Waals surface area contributed by atoms with E-state index in [9.17, 15) is 0 Å². The molecule has 1 unspecified atom stereocenters. The van der Waals surface area contributed by atoms with Gasteiger partial charge in [-0.3, -0.25) is 0 Å². The number of fused-ring (bicyclic) bond motifs is 1. The van der Waals surface area contributed by atoms with Crippen LogP contribution in [0.3, 0.4) is 0 Å². The zero-order valence-electron chi connectivity index (χ0n) is 7.29. The van der Waals surface area contributed by atoms with E-state index in [0.29, 0.717) is 0 Å². The van der Waals surface area contributed by atoms with Crippen LogP contribution in [0, 0.1) is 5.92 Å². The van der Waals surface area contributed by atoms with Crippen LogP contribution in [0.25, 0.3) is 0 Å². The van der Waals surface area contributed by atoms with Crippen LogP contribution in [0.5, 0.6) is 0 Å². The van der Waals surface area contributed by atoms with E-state index in [-0.39, 0.29) is 0 Å². The van der Waals surface area contributed by atoms with Gasteiger partial charge in [-0.05, 0) is 25.3 Å². The van der Waals surface area contributed by atoms with Gasteiger partial charge in [-0.2, -0.15) is 0 Å². The van der Waals surface area contributed by atoms with E-state index in [1.807, 2.05) is 0 Å². The van der Waals surface area contributed by atoms with Crippen molar-refractivity contribution in [1.29, 1.82) is 0 Å². The van der Waals surface area contributed by atoms with Crippen molar-refractivity contribution in [2.45, 2.75) is 19.3 Å². The van der Waals surface area contributed by atoms with Gasteiger partial charge in [0.05, 0.1) is 0 Å². The van der Waals surface area contributed by atoms with Gasteiger partial charge in [-0.1, -0.05) is 24.3 Å². The van der Waals surface area contributed by atoms with Crippen molar-refractivity contribution >= 4 is 0 Å². The molecular weight excluding hydrogens is 146 g/mol. The minimum absolute atomic E-state index is 0.750. The highest BCUT2D eigenvalue weighted by Crippen LogP contribution is 2.24. The molecule has 1 atom stereocenters. The van der Waals surface area contributed by atoms with Crippen molar-refractivity contribution in [3.8, 4) is 0 Å². The lowest BCUT2D eigenvalue weighted by Crippen LogP contribution is -2.27. The average Bonchev–Trinajstić information content (AvgIpc) is 2.06. The van der Waals surface area contributed by atoms with Crippen LogP contribution >= 0.6 is 0 Å². The van der Waals surface area contributed by atoms with E-state index >= 15 is 0 Å². The zero-order valence-corrected chi connectivity index (χ0v) is 7.29. The summed E-state index contributed by atoms with van der Waals surface area (Å²) < 4.78 is 0. The Balaban J connectivity index is 2.16. The second-order valence-electron chi connectivity index (χ2n) is 3.44. The maximum Gasteiger partial charge on any atom is 0.0144 e. The lowest BCUT2D eigenvalue weighted by molar-refractivity contribution is 0.447.